The second kappa shape index (κ2) is 6.26. The Balaban J connectivity index is 0.000000159. The summed E-state index contributed by atoms with van der Waals surface area (Å²) in [5, 5.41) is 2.33. The Bertz CT molecular complexity index is 685. The second-order valence-corrected chi connectivity index (χ2v) is 4.19. The van der Waals surface area contributed by atoms with E-state index in [0.29, 0.717) is 0 Å². The van der Waals surface area contributed by atoms with E-state index in [4.69, 9.17) is 4.42 Å². The Morgan fingerprint density at radius 3 is 1.76 bits per heavy atom. The number of fused-ring (bicyclic) bond motifs is 1. The molecular formula is C16H11F3O2. The van der Waals surface area contributed by atoms with Crippen molar-refractivity contribution in [2.75, 3.05) is 0 Å². The van der Waals surface area contributed by atoms with Crippen LogP contribution in [0.4, 0.5) is 13.2 Å². The number of ketones is 1. The van der Waals surface area contributed by atoms with Crippen LogP contribution in [0.1, 0.15) is 10.4 Å². The van der Waals surface area contributed by atoms with Crippen molar-refractivity contribution < 1.29 is 22.4 Å². The van der Waals surface area contributed by atoms with Gasteiger partial charge in [0.25, 0.3) is 5.78 Å². The summed E-state index contributed by atoms with van der Waals surface area (Å²) in [5.74, 6) is -1.80. The molecule has 0 amide bonds. The van der Waals surface area contributed by atoms with Crippen LogP contribution in [0.2, 0.25) is 0 Å². The number of benzene rings is 2. The predicted molar refractivity (Wildman–Crippen MR) is 73.0 cm³/mol. The van der Waals surface area contributed by atoms with Crippen molar-refractivity contribution in [2.45, 2.75) is 6.18 Å². The van der Waals surface area contributed by atoms with Gasteiger partial charge in [-0.25, -0.2) is 0 Å². The van der Waals surface area contributed by atoms with Crippen LogP contribution < -0.4 is 0 Å². The lowest BCUT2D eigenvalue weighted by Crippen LogP contribution is -2.22. The molecule has 0 fully saturated rings. The van der Waals surface area contributed by atoms with Gasteiger partial charge in [-0.1, -0.05) is 54.6 Å². The number of carbonyl (C=O) groups is 1. The summed E-state index contributed by atoms with van der Waals surface area (Å²) in [5.41, 5.74) is -0.329. The molecule has 0 aliphatic rings. The third kappa shape index (κ3) is 3.95. The fourth-order valence-corrected chi connectivity index (χ4v) is 1.66. The average Bonchev–Trinajstić information content (AvgIpc) is 2.95. The van der Waals surface area contributed by atoms with Crippen LogP contribution in [0.5, 0.6) is 0 Å². The minimum absolute atomic E-state index is 0.329. The van der Waals surface area contributed by atoms with Gasteiger partial charge < -0.3 is 4.42 Å². The zero-order valence-corrected chi connectivity index (χ0v) is 10.8. The summed E-state index contributed by atoms with van der Waals surface area (Å²) in [4.78, 5) is 10.5. The molecule has 0 radical (unpaired) electrons. The Morgan fingerprint density at radius 1 is 0.810 bits per heavy atom. The molecule has 3 rings (SSSR count). The first-order chi connectivity index (χ1) is 9.98. The Labute approximate surface area is 118 Å². The zero-order chi connectivity index (χ0) is 15.3. The highest BCUT2D eigenvalue weighted by Gasteiger charge is 2.38. The number of Topliss-reactive ketones (excluding diaryl/α,β-unsaturated/α-hetero) is 1. The number of hydrogen-bond donors (Lipinski definition) is 0. The van der Waals surface area contributed by atoms with Crippen molar-refractivity contribution >= 4 is 16.6 Å². The fraction of sp³-hybridized carbons (Fsp3) is 0.0625. The number of carbonyl (C=O) groups excluding carboxylic acids is 1. The predicted octanol–water partition coefficient (Wildman–Crippen LogP) is 4.86. The van der Waals surface area contributed by atoms with Gasteiger partial charge in [0.05, 0.1) is 12.5 Å². The minimum Gasteiger partial charge on any atom is -0.471 e. The number of hydrogen-bond acceptors (Lipinski definition) is 2. The second-order valence-electron chi connectivity index (χ2n) is 4.19. The van der Waals surface area contributed by atoms with Gasteiger partial charge in [-0.2, -0.15) is 13.2 Å². The van der Waals surface area contributed by atoms with Crippen molar-refractivity contribution in [3.63, 3.8) is 0 Å². The lowest BCUT2D eigenvalue weighted by molar-refractivity contribution is -0.0885. The molecule has 0 spiro atoms. The van der Waals surface area contributed by atoms with E-state index in [-0.39, 0.29) is 5.56 Å². The quantitative estimate of drug-likeness (QED) is 0.599. The number of furan rings is 1. The van der Waals surface area contributed by atoms with Crippen molar-refractivity contribution in [3.8, 4) is 0 Å². The van der Waals surface area contributed by atoms with E-state index in [2.05, 4.69) is 0 Å². The summed E-state index contributed by atoms with van der Waals surface area (Å²) in [6, 6.07) is 14.6. The molecule has 0 atom stereocenters. The van der Waals surface area contributed by atoms with Crippen LogP contribution >= 0.6 is 0 Å². The van der Waals surface area contributed by atoms with Crippen molar-refractivity contribution in [1.29, 1.82) is 0 Å². The Kier molecular flexibility index (Phi) is 4.42. The van der Waals surface area contributed by atoms with Gasteiger partial charge in [0.1, 0.15) is 0 Å². The molecule has 2 aromatic carbocycles. The van der Waals surface area contributed by atoms with E-state index in [9.17, 15) is 18.0 Å². The molecule has 0 N–H and O–H groups in total. The molecule has 3 aromatic rings. The van der Waals surface area contributed by atoms with Gasteiger partial charge in [-0.3, -0.25) is 4.79 Å². The maximum absolute atomic E-state index is 11.8. The average molecular weight is 292 g/mol. The standard InChI is InChI=1S/C8H5F3O.C8H6O/c9-8(10,11)7(12)6-4-2-1-3-5-6;1-2-4-8-6-9-5-7(8)3-1/h1-5H;1-6H. The van der Waals surface area contributed by atoms with Crippen molar-refractivity contribution in [3.05, 3.63) is 72.7 Å². The molecule has 108 valence electrons. The molecule has 0 saturated heterocycles. The molecule has 0 aliphatic carbocycles. The summed E-state index contributed by atoms with van der Waals surface area (Å²) in [6.45, 7) is 0. The monoisotopic (exact) mass is 292 g/mol. The van der Waals surface area contributed by atoms with Gasteiger partial charge in [-0.15, -0.1) is 0 Å². The maximum Gasteiger partial charge on any atom is 0.454 e. The third-order valence-corrected chi connectivity index (χ3v) is 2.68. The van der Waals surface area contributed by atoms with Gasteiger partial charge in [0.15, 0.2) is 0 Å². The number of rotatable bonds is 1. The van der Waals surface area contributed by atoms with E-state index in [1.54, 1.807) is 18.6 Å². The summed E-state index contributed by atoms with van der Waals surface area (Å²) < 4.78 is 40.3. The van der Waals surface area contributed by atoms with Gasteiger partial charge in [0.2, 0.25) is 0 Å². The smallest absolute Gasteiger partial charge is 0.454 e. The largest absolute Gasteiger partial charge is 0.471 e. The van der Waals surface area contributed by atoms with Crippen LogP contribution in [0.15, 0.2) is 71.5 Å². The topological polar surface area (TPSA) is 30.2 Å². The van der Waals surface area contributed by atoms with Crippen LogP contribution in [0.25, 0.3) is 10.8 Å². The summed E-state index contributed by atoms with van der Waals surface area (Å²) in [7, 11) is 0. The first-order valence-electron chi connectivity index (χ1n) is 6.06. The van der Waals surface area contributed by atoms with E-state index < -0.39 is 12.0 Å². The van der Waals surface area contributed by atoms with Gasteiger partial charge in [0, 0.05) is 16.3 Å². The van der Waals surface area contributed by atoms with E-state index in [0.717, 1.165) is 22.9 Å². The summed E-state index contributed by atoms with van der Waals surface area (Å²) >= 11 is 0. The fourth-order valence-electron chi connectivity index (χ4n) is 1.66. The highest BCUT2D eigenvalue weighted by molar-refractivity contribution is 6.00. The van der Waals surface area contributed by atoms with E-state index >= 15 is 0 Å². The molecule has 0 unspecified atom stereocenters. The highest BCUT2D eigenvalue weighted by atomic mass is 19.4. The maximum atomic E-state index is 11.8. The van der Waals surface area contributed by atoms with Crippen LogP contribution in [0.3, 0.4) is 0 Å². The molecule has 0 aliphatic heterocycles. The van der Waals surface area contributed by atoms with Gasteiger partial charge >= 0.3 is 6.18 Å². The van der Waals surface area contributed by atoms with Crippen LogP contribution in [-0.4, -0.2) is 12.0 Å². The molecule has 1 aromatic heterocycles. The minimum atomic E-state index is -4.78. The van der Waals surface area contributed by atoms with Gasteiger partial charge in [-0.05, 0) is 0 Å². The van der Waals surface area contributed by atoms with Crippen molar-refractivity contribution in [2.24, 2.45) is 0 Å². The van der Waals surface area contributed by atoms with E-state index in [1.807, 2.05) is 24.3 Å². The summed E-state index contributed by atoms with van der Waals surface area (Å²) in [6.07, 6.45) is -1.29. The molecule has 1 heterocycles. The van der Waals surface area contributed by atoms with Crippen LogP contribution in [-0.2, 0) is 0 Å². The first kappa shape index (κ1) is 14.8. The zero-order valence-electron chi connectivity index (χ0n) is 10.8. The highest BCUT2D eigenvalue weighted by Crippen LogP contribution is 2.20. The Hall–Kier alpha value is -2.56. The Morgan fingerprint density at radius 2 is 1.29 bits per heavy atom. The number of halogens is 3. The normalized spacial score (nSPS) is 10.8. The molecule has 5 heteroatoms. The number of alkyl halides is 3. The van der Waals surface area contributed by atoms with E-state index in [1.165, 1.54) is 12.1 Å². The SMILES string of the molecule is O=C(c1ccccc1)C(F)(F)F.c1ccc2cocc2c1. The first-order valence-corrected chi connectivity index (χ1v) is 6.06. The van der Waals surface area contributed by atoms with Crippen LogP contribution in [0, 0.1) is 0 Å². The molecular weight excluding hydrogens is 281 g/mol. The van der Waals surface area contributed by atoms with Crippen molar-refractivity contribution in [1.82, 2.24) is 0 Å². The lowest BCUT2D eigenvalue weighted by atomic mass is 10.1. The molecule has 0 bridgehead atoms. The lowest BCUT2D eigenvalue weighted by Gasteiger charge is -2.03. The molecule has 2 nitrogen and oxygen atoms in total. The third-order valence-electron chi connectivity index (χ3n) is 2.68. The molecule has 21 heavy (non-hydrogen) atoms. The molecule has 0 saturated carbocycles.